The molecule has 0 unspecified atom stereocenters. The van der Waals surface area contributed by atoms with Crippen molar-refractivity contribution >= 4 is 5.91 Å². The number of alkyl halides is 2. The Labute approximate surface area is 134 Å². The number of piperidine rings is 1. The van der Waals surface area contributed by atoms with Gasteiger partial charge in [0.2, 0.25) is 0 Å². The molecule has 3 rings (SSSR count). The van der Waals surface area contributed by atoms with Crippen molar-refractivity contribution in [2.24, 2.45) is 5.41 Å². The van der Waals surface area contributed by atoms with Crippen LogP contribution in [0.5, 0.6) is 0 Å². The molecule has 1 amide bonds. The Bertz CT molecular complexity index is 557. The normalized spacial score (nSPS) is 21.4. The van der Waals surface area contributed by atoms with E-state index in [1.807, 2.05) is 4.90 Å². The van der Waals surface area contributed by atoms with Gasteiger partial charge >= 0.3 is 0 Å². The number of hydrogen-bond donors (Lipinski definition) is 0. The molecule has 2 aliphatic rings. The van der Waals surface area contributed by atoms with Gasteiger partial charge in [-0.2, -0.15) is 8.78 Å². The Morgan fingerprint density at radius 2 is 2.04 bits per heavy atom. The number of rotatable bonds is 2. The van der Waals surface area contributed by atoms with Gasteiger partial charge in [0.05, 0.1) is 5.56 Å². The number of carbonyl (C=O) groups excluding carboxylic acids is 1. The highest BCUT2D eigenvalue weighted by Crippen LogP contribution is 2.39. The summed E-state index contributed by atoms with van der Waals surface area (Å²) in [7, 11) is 0. The van der Waals surface area contributed by atoms with Gasteiger partial charge < -0.3 is 9.64 Å². The van der Waals surface area contributed by atoms with E-state index in [9.17, 15) is 13.6 Å². The quantitative estimate of drug-likeness (QED) is 0.839. The van der Waals surface area contributed by atoms with E-state index >= 15 is 0 Å². The van der Waals surface area contributed by atoms with Gasteiger partial charge in [0.1, 0.15) is 5.69 Å². The van der Waals surface area contributed by atoms with Crippen molar-refractivity contribution in [1.82, 2.24) is 9.88 Å². The second-order valence-corrected chi connectivity index (χ2v) is 6.76. The van der Waals surface area contributed by atoms with Crippen molar-refractivity contribution in [3.8, 4) is 0 Å². The zero-order chi connectivity index (χ0) is 16.5. The van der Waals surface area contributed by atoms with E-state index in [0.29, 0.717) is 12.1 Å². The van der Waals surface area contributed by atoms with E-state index in [4.69, 9.17) is 4.74 Å². The van der Waals surface area contributed by atoms with Gasteiger partial charge in [0.25, 0.3) is 11.8 Å². The lowest BCUT2D eigenvalue weighted by molar-refractivity contribution is -0.0229. The van der Waals surface area contributed by atoms with Gasteiger partial charge in [-0.25, -0.2) is 0 Å². The number of halogens is 2. The minimum atomic E-state index is -2.99. The molecule has 0 radical (unpaired) electrons. The molecule has 1 spiro atoms. The lowest BCUT2D eigenvalue weighted by Crippen LogP contribution is -2.48. The number of carbonyl (C=O) groups is 1. The molecule has 1 aromatic rings. The maximum absolute atomic E-state index is 13.2. The number of likely N-dealkylation sites (tertiary alicyclic amines) is 1. The van der Waals surface area contributed by atoms with Crippen LogP contribution in [0.3, 0.4) is 0 Å². The van der Waals surface area contributed by atoms with Crippen molar-refractivity contribution < 1.29 is 18.3 Å². The maximum Gasteiger partial charge on any atom is 0.286 e. The largest absolute Gasteiger partial charge is 0.381 e. The molecule has 126 valence electrons. The van der Waals surface area contributed by atoms with E-state index in [2.05, 4.69) is 4.98 Å². The number of hydrogen-bond acceptors (Lipinski definition) is 3. The first-order valence-electron chi connectivity index (χ1n) is 8.11. The second-order valence-electron chi connectivity index (χ2n) is 6.76. The van der Waals surface area contributed by atoms with Crippen LogP contribution < -0.4 is 0 Å². The van der Waals surface area contributed by atoms with Gasteiger partial charge in [-0.3, -0.25) is 9.78 Å². The highest BCUT2D eigenvalue weighted by molar-refractivity contribution is 5.94. The monoisotopic (exact) mass is 324 g/mol. The fourth-order valence-electron chi connectivity index (χ4n) is 3.56. The Balaban J connectivity index is 1.72. The molecule has 0 atom stereocenters. The number of aromatic nitrogens is 1. The summed E-state index contributed by atoms with van der Waals surface area (Å²) in [5.41, 5.74) is 0.228. The molecule has 0 bridgehead atoms. The lowest BCUT2D eigenvalue weighted by atomic mass is 9.74. The van der Waals surface area contributed by atoms with Crippen LogP contribution in [0.4, 0.5) is 8.78 Å². The topological polar surface area (TPSA) is 42.4 Å². The Morgan fingerprint density at radius 1 is 1.30 bits per heavy atom. The maximum atomic E-state index is 13.2. The zero-order valence-corrected chi connectivity index (χ0v) is 13.4. The third-order valence-electron chi connectivity index (χ3n) is 4.96. The first-order valence-corrected chi connectivity index (χ1v) is 8.11. The molecule has 0 N–H and O–H groups in total. The van der Waals surface area contributed by atoms with Gasteiger partial charge in [0, 0.05) is 39.4 Å². The summed E-state index contributed by atoms with van der Waals surface area (Å²) in [4.78, 5) is 18.2. The molecule has 2 fully saturated rings. The van der Waals surface area contributed by atoms with Crippen LogP contribution >= 0.6 is 0 Å². The summed E-state index contributed by atoms with van der Waals surface area (Å²) in [6.45, 7) is 3.75. The second kappa shape index (κ2) is 6.15. The fourth-order valence-corrected chi connectivity index (χ4v) is 3.56. The number of nitrogens with zero attached hydrogens (tertiary/aromatic N) is 2. The van der Waals surface area contributed by atoms with Crippen molar-refractivity contribution in [2.75, 3.05) is 26.3 Å². The predicted octanol–water partition coefficient (Wildman–Crippen LogP) is 3.23. The van der Waals surface area contributed by atoms with Crippen LogP contribution in [0.2, 0.25) is 0 Å². The van der Waals surface area contributed by atoms with Crippen LogP contribution in [-0.4, -0.2) is 42.1 Å². The van der Waals surface area contributed by atoms with E-state index in [1.54, 1.807) is 0 Å². The van der Waals surface area contributed by atoms with Crippen molar-refractivity contribution in [2.45, 2.75) is 38.5 Å². The average Bonchev–Trinajstić information content (AvgIpc) is 2.54. The van der Waals surface area contributed by atoms with E-state index in [0.717, 1.165) is 52.4 Å². The molecule has 2 saturated heterocycles. The molecule has 6 heteroatoms. The molecule has 0 aliphatic carbocycles. The van der Waals surface area contributed by atoms with Crippen LogP contribution in [0.15, 0.2) is 18.3 Å². The van der Waals surface area contributed by atoms with Crippen molar-refractivity contribution in [3.05, 3.63) is 29.6 Å². The van der Waals surface area contributed by atoms with Crippen molar-refractivity contribution in [1.29, 1.82) is 0 Å². The molecule has 3 heterocycles. The summed E-state index contributed by atoms with van der Waals surface area (Å²) < 4.78 is 31.9. The Hall–Kier alpha value is -1.56. The molecular weight excluding hydrogens is 302 g/mol. The van der Waals surface area contributed by atoms with Gasteiger partial charge in [0.15, 0.2) is 0 Å². The van der Waals surface area contributed by atoms with Gasteiger partial charge in [-0.15, -0.1) is 0 Å². The summed E-state index contributed by atoms with van der Waals surface area (Å²) in [5.74, 6) is -3.10. The lowest BCUT2D eigenvalue weighted by Gasteiger charge is -2.45. The fraction of sp³-hybridized carbons (Fsp3) is 0.647. The van der Waals surface area contributed by atoms with Crippen molar-refractivity contribution in [3.63, 3.8) is 0 Å². The molecular formula is C17H22F2N2O2. The highest BCUT2D eigenvalue weighted by Gasteiger charge is 2.38. The van der Waals surface area contributed by atoms with Gasteiger partial charge in [-0.1, -0.05) is 0 Å². The van der Waals surface area contributed by atoms with Crippen LogP contribution in [0.25, 0.3) is 0 Å². The van der Waals surface area contributed by atoms with E-state index in [-0.39, 0.29) is 17.0 Å². The zero-order valence-electron chi connectivity index (χ0n) is 13.4. The van der Waals surface area contributed by atoms with Gasteiger partial charge in [-0.05, 0) is 43.2 Å². The molecule has 0 saturated carbocycles. The van der Waals surface area contributed by atoms with E-state index in [1.165, 1.54) is 18.3 Å². The number of pyridine rings is 1. The summed E-state index contributed by atoms with van der Waals surface area (Å²) in [6, 6.07) is 2.69. The summed E-state index contributed by atoms with van der Waals surface area (Å²) >= 11 is 0. The first-order chi connectivity index (χ1) is 10.9. The minimum Gasteiger partial charge on any atom is -0.381 e. The number of ether oxygens (including phenoxy) is 1. The third kappa shape index (κ3) is 3.52. The molecule has 1 aromatic heterocycles. The molecule has 4 nitrogen and oxygen atoms in total. The minimum absolute atomic E-state index is 0.117. The van der Waals surface area contributed by atoms with E-state index < -0.39 is 5.92 Å². The molecule has 0 aromatic carbocycles. The SMILES string of the molecule is CC(F)(F)c1ccc(C(=O)N2CCCC3(CCOCC3)C2)cn1. The Kier molecular flexibility index (Phi) is 4.36. The predicted molar refractivity (Wildman–Crippen MR) is 81.4 cm³/mol. The Morgan fingerprint density at radius 3 is 2.65 bits per heavy atom. The van der Waals surface area contributed by atoms with Crippen LogP contribution in [0, 0.1) is 5.41 Å². The summed E-state index contributed by atoms with van der Waals surface area (Å²) in [6.07, 6.45) is 5.33. The average molecular weight is 324 g/mol. The highest BCUT2D eigenvalue weighted by atomic mass is 19.3. The molecule has 2 aliphatic heterocycles. The van der Waals surface area contributed by atoms with Crippen LogP contribution in [-0.2, 0) is 10.7 Å². The molecule has 23 heavy (non-hydrogen) atoms. The smallest absolute Gasteiger partial charge is 0.286 e. The first kappa shape index (κ1) is 16.3. The standard InChI is InChI=1S/C17H22F2N2O2/c1-16(18,19)14-4-3-13(11-20-14)15(22)21-8-2-5-17(12-21)6-9-23-10-7-17/h3-4,11H,2,5-10,12H2,1H3. The number of amides is 1. The third-order valence-corrected chi connectivity index (χ3v) is 4.96. The summed E-state index contributed by atoms with van der Waals surface area (Å²) in [5, 5.41) is 0. The van der Waals surface area contributed by atoms with Crippen LogP contribution in [0.1, 0.15) is 48.7 Å².